The number of aliphatic imine (C=N–C) groups is 1. The van der Waals surface area contributed by atoms with Gasteiger partial charge in [0.2, 0.25) is 0 Å². The molecular weight excluding hydrogens is 423 g/mol. The van der Waals surface area contributed by atoms with Gasteiger partial charge in [-0.15, -0.1) is 34.2 Å². The van der Waals surface area contributed by atoms with Gasteiger partial charge in [-0.3, -0.25) is 0 Å². The van der Waals surface area contributed by atoms with Crippen molar-refractivity contribution in [1.82, 2.24) is 25.4 Å². The molecule has 2 heterocycles. The molecule has 0 aromatic carbocycles. The normalized spacial score (nSPS) is 24.4. The Bertz CT molecular complexity index is 548. The van der Waals surface area contributed by atoms with Gasteiger partial charge < -0.3 is 15.2 Å². The standard InChI is InChI=1S/C15H26N6S.HI/c1-11-19-20-13(21(11)3)9-16-14(18-12-5-6-12)17-10-15(2)7-4-8-22-15;/h12H,4-10H2,1-3H3,(H2,16,17,18);1H. The molecule has 2 aliphatic rings. The molecule has 1 atom stereocenters. The quantitative estimate of drug-likeness (QED) is 0.409. The SMILES string of the molecule is Cc1nnc(CN=C(NCC2(C)CCCS2)NC2CC2)n1C.I. The van der Waals surface area contributed by atoms with Crippen LogP contribution >= 0.6 is 35.7 Å². The number of rotatable bonds is 5. The molecule has 0 spiro atoms. The fourth-order valence-electron chi connectivity index (χ4n) is 2.56. The molecule has 1 aromatic heterocycles. The van der Waals surface area contributed by atoms with Crippen LogP contribution in [0.3, 0.4) is 0 Å². The molecule has 1 unspecified atom stereocenters. The average molecular weight is 450 g/mol. The first kappa shape index (κ1) is 18.8. The largest absolute Gasteiger partial charge is 0.355 e. The summed E-state index contributed by atoms with van der Waals surface area (Å²) < 4.78 is 2.33. The van der Waals surface area contributed by atoms with E-state index in [4.69, 9.17) is 4.99 Å². The highest BCUT2D eigenvalue weighted by molar-refractivity contribution is 14.0. The van der Waals surface area contributed by atoms with Gasteiger partial charge in [-0.1, -0.05) is 0 Å². The Balaban J connectivity index is 0.00000192. The summed E-state index contributed by atoms with van der Waals surface area (Å²) in [4.78, 5) is 4.70. The van der Waals surface area contributed by atoms with Crippen molar-refractivity contribution in [3.8, 4) is 0 Å². The van der Waals surface area contributed by atoms with Crippen molar-refractivity contribution >= 4 is 41.7 Å². The number of guanidine groups is 1. The number of aryl methyl sites for hydroxylation is 1. The summed E-state index contributed by atoms with van der Waals surface area (Å²) in [5.74, 6) is 4.01. The lowest BCUT2D eigenvalue weighted by Crippen LogP contribution is -2.44. The Kier molecular flexibility index (Phi) is 6.58. The second-order valence-corrected chi connectivity index (χ2v) is 8.24. The minimum absolute atomic E-state index is 0. The Morgan fingerprint density at radius 2 is 2.22 bits per heavy atom. The van der Waals surface area contributed by atoms with Crippen molar-refractivity contribution in [3.63, 3.8) is 0 Å². The number of aromatic nitrogens is 3. The van der Waals surface area contributed by atoms with Crippen molar-refractivity contribution in [2.75, 3.05) is 12.3 Å². The number of hydrogen-bond acceptors (Lipinski definition) is 4. The van der Waals surface area contributed by atoms with Crippen molar-refractivity contribution in [2.24, 2.45) is 12.0 Å². The maximum absolute atomic E-state index is 4.70. The van der Waals surface area contributed by atoms with Crippen LogP contribution in [-0.2, 0) is 13.6 Å². The van der Waals surface area contributed by atoms with Crippen molar-refractivity contribution in [2.45, 2.75) is 56.9 Å². The molecule has 1 aliphatic carbocycles. The summed E-state index contributed by atoms with van der Waals surface area (Å²) in [6.45, 7) is 5.83. The number of thioether (sulfide) groups is 1. The highest BCUT2D eigenvalue weighted by Gasteiger charge is 2.30. The Labute approximate surface area is 159 Å². The number of halogens is 1. The van der Waals surface area contributed by atoms with Crippen LogP contribution in [0, 0.1) is 6.92 Å². The van der Waals surface area contributed by atoms with Gasteiger partial charge in [-0.2, -0.15) is 11.8 Å². The molecule has 1 aromatic rings. The highest BCUT2D eigenvalue weighted by Crippen LogP contribution is 2.36. The minimum atomic E-state index is 0. The predicted molar refractivity (Wildman–Crippen MR) is 107 cm³/mol. The maximum Gasteiger partial charge on any atom is 0.191 e. The number of nitrogens with zero attached hydrogens (tertiary/aromatic N) is 4. The molecule has 2 fully saturated rings. The van der Waals surface area contributed by atoms with Crippen LogP contribution in [0.1, 0.15) is 44.3 Å². The van der Waals surface area contributed by atoms with Gasteiger partial charge in [0, 0.05) is 24.4 Å². The summed E-state index contributed by atoms with van der Waals surface area (Å²) in [6, 6.07) is 0.594. The maximum atomic E-state index is 4.70. The van der Waals surface area contributed by atoms with Crippen LogP contribution in [0.25, 0.3) is 0 Å². The van der Waals surface area contributed by atoms with Gasteiger partial charge in [-0.05, 0) is 45.3 Å². The zero-order valence-corrected chi connectivity index (χ0v) is 17.3. The Hall–Kier alpha value is -0.510. The smallest absolute Gasteiger partial charge is 0.191 e. The van der Waals surface area contributed by atoms with E-state index in [2.05, 4.69) is 39.5 Å². The first-order valence-electron chi connectivity index (χ1n) is 8.09. The molecule has 0 bridgehead atoms. The molecule has 0 amide bonds. The average Bonchev–Trinajstić information content (AvgIpc) is 3.13. The molecular formula is C15H27IN6S. The van der Waals surface area contributed by atoms with Gasteiger partial charge in [0.1, 0.15) is 12.4 Å². The Morgan fingerprint density at radius 1 is 1.43 bits per heavy atom. The summed E-state index contributed by atoms with van der Waals surface area (Å²) in [5, 5.41) is 15.3. The van der Waals surface area contributed by atoms with Crippen LogP contribution in [0.2, 0.25) is 0 Å². The van der Waals surface area contributed by atoms with E-state index in [1.54, 1.807) is 0 Å². The second-order valence-electron chi connectivity index (χ2n) is 6.56. The van der Waals surface area contributed by atoms with Crippen LogP contribution in [0.5, 0.6) is 0 Å². The van der Waals surface area contributed by atoms with E-state index in [1.165, 1.54) is 31.4 Å². The molecule has 1 saturated carbocycles. The van der Waals surface area contributed by atoms with Crippen molar-refractivity contribution in [1.29, 1.82) is 0 Å². The van der Waals surface area contributed by atoms with Gasteiger partial charge in [0.15, 0.2) is 11.8 Å². The molecule has 1 aliphatic heterocycles. The Morgan fingerprint density at radius 3 is 2.78 bits per heavy atom. The van der Waals surface area contributed by atoms with E-state index < -0.39 is 0 Å². The fraction of sp³-hybridized carbons (Fsp3) is 0.800. The van der Waals surface area contributed by atoms with Gasteiger partial charge in [0.25, 0.3) is 0 Å². The van der Waals surface area contributed by atoms with Crippen LogP contribution < -0.4 is 10.6 Å². The summed E-state index contributed by atoms with van der Waals surface area (Å²) in [7, 11) is 1.98. The lowest BCUT2D eigenvalue weighted by molar-refractivity contribution is 0.583. The van der Waals surface area contributed by atoms with Gasteiger partial charge in [-0.25, -0.2) is 4.99 Å². The lowest BCUT2D eigenvalue weighted by Gasteiger charge is -2.24. The van der Waals surface area contributed by atoms with Crippen molar-refractivity contribution < 1.29 is 0 Å². The van der Waals surface area contributed by atoms with E-state index in [9.17, 15) is 0 Å². The third-order valence-corrected chi connectivity index (χ3v) is 5.95. The summed E-state index contributed by atoms with van der Waals surface area (Å²) in [5.41, 5.74) is 0. The van der Waals surface area contributed by atoms with Crippen LogP contribution in [-0.4, -0.2) is 43.8 Å². The molecule has 0 radical (unpaired) electrons. The zero-order chi connectivity index (χ0) is 15.6. The molecule has 23 heavy (non-hydrogen) atoms. The molecule has 130 valence electrons. The zero-order valence-electron chi connectivity index (χ0n) is 14.1. The van der Waals surface area contributed by atoms with E-state index in [0.29, 0.717) is 17.3 Å². The van der Waals surface area contributed by atoms with Gasteiger partial charge in [0.05, 0.1) is 0 Å². The topological polar surface area (TPSA) is 67.1 Å². The highest BCUT2D eigenvalue weighted by atomic mass is 127. The first-order chi connectivity index (χ1) is 10.6. The molecule has 8 heteroatoms. The number of hydrogen-bond donors (Lipinski definition) is 2. The predicted octanol–water partition coefficient (Wildman–Crippen LogP) is 2.22. The monoisotopic (exact) mass is 450 g/mol. The van der Waals surface area contributed by atoms with E-state index >= 15 is 0 Å². The van der Waals surface area contributed by atoms with E-state index in [0.717, 1.165) is 24.2 Å². The van der Waals surface area contributed by atoms with Crippen molar-refractivity contribution in [3.05, 3.63) is 11.6 Å². The minimum Gasteiger partial charge on any atom is -0.355 e. The molecule has 2 N–H and O–H groups in total. The lowest BCUT2D eigenvalue weighted by atomic mass is 10.1. The molecule has 6 nitrogen and oxygen atoms in total. The van der Waals surface area contributed by atoms with Gasteiger partial charge >= 0.3 is 0 Å². The second kappa shape index (κ2) is 8.04. The first-order valence-corrected chi connectivity index (χ1v) is 9.08. The van der Waals surface area contributed by atoms with E-state index in [1.807, 2.05) is 18.5 Å². The van der Waals surface area contributed by atoms with E-state index in [-0.39, 0.29) is 24.0 Å². The van der Waals surface area contributed by atoms with Crippen LogP contribution in [0.15, 0.2) is 4.99 Å². The third-order valence-electron chi connectivity index (χ3n) is 4.41. The molecule has 3 rings (SSSR count). The summed E-state index contributed by atoms with van der Waals surface area (Å²) >= 11 is 2.07. The third kappa shape index (κ3) is 5.23. The molecule has 1 saturated heterocycles. The fourth-order valence-corrected chi connectivity index (χ4v) is 3.80. The summed E-state index contributed by atoms with van der Waals surface area (Å²) in [6.07, 6.45) is 5.10. The number of nitrogens with one attached hydrogen (secondary N) is 2. The van der Waals surface area contributed by atoms with Crippen LogP contribution in [0.4, 0.5) is 0 Å².